The fraction of sp³-hybridized carbons (Fsp3) is 0.857. The molecular formula is C7H14FNO2. The molecule has 0 spiro atoms. The van der Waals surface area contributed by atoms with Gasteiger partial charge in [0.15, 0.2) is 0 Å². The minimum Gasteiger partial charge on any atom is -0.480 e. The molecule has 0 aliphatic carbocycles. The van der Waals surface area contributed by atoms with Crippen molar-refractivity contribution >= 4 is 5.97 Å². The van der Waals surface area contributed by atoms with Crippen molar-refractivity contribution in [2.45, 2.75) is 32.0 Å². The highest BCUT2D eigenvalue weighted by molar-refractivity contribution is 5.73. The van der Waals surface area contributed by atoms with Crippen LogP contribution in [0.2, 0.25) is 0 Å². The summed E-state index contributed by atoms with van der Waals surface area (Å²) < 4.78 is 12.9. The first kappa shape index (κ1) is 10.4. The molecule has 2 N–H and O–H groups in total. The maximum atomic E-state index is 12.9. The summed E-state index contributed by atoms with van der Waals surface area (Å²) >= 11 is 0. The second-order valence-corrected chi connectivity index (χ2v) is 3.10. The van der Waals surface area contributed by atoms with E-state index >= 15 is 0 Å². The predicted molar refractivity (Wildman–Crippen MR) is 40.3 cm³/mol. The molecule has 1 unspecified atom stereocenters. The van der Waals surface area contributed by atoms with Crippen molar-refractivity contribution < 1.29 is 14.3 Å². The van der Waals surface area contributed by atoms with E-state index in [0.717, 1.165) is 0 Å². The third-order valence-electron chi connectivity index (χ3n) is 1.34. The summed E-state index contributed by atoms with van der Waals surface area (Å²) in [4.78, 5) is 10.4. The Labute approximate surface area is 65.6 Å². The van der Waals surface area contributed by atoms with Gasteiger partial charge in [-0.1, -0.05) is 0 Å². The van der Waals surface area contributed by atoms with E-state index in [1.807, 2.05) is 0 Å². The number of rotatable bonds is 4. The Hall–Kier alpha value is -0.640. The summed E-state index contributed by atoms with van der Waals surface area (Å²) in [5.41, 5.74) is -1.44. The van der Waals surface area contributed by atoms with Gasteiger partial charge in [0.2, 0.25) is 0 Å². The average Bonchev–Trinajstić information content (AvgIpc) is 1.80. The standard InChI is InChI=1S/C7H14FNO2/c1-7(2,8)4-5(9-3)6(10)11/h5,9H,4H2,1-3H3,(H,10,11). The number of hydrogen-bond donors (Lipinski definition) is 2. The Morgan fingerprint density at radius 3 is 2.27 bits per heavy atom. The SMILES string of the molecule is CNC(CC(C)(C)F)C(=O)O. The first-order chi connectivity index (χ1) is 4.87. The smallest absolute Gasteiger partial charge is 0.320 e. The minimum atomic E-state index is -1.44. The summed E-state index contributed by atoms with van der Waals surface area (Å²) in [5, 5.41) is 11.0. The number of aliphatic carboxylic acids is 1. The van der Waals surface area contributed by atoms with Crippen LogP contribution in [-0.4, -0.2) is 29.8 Å². The van der Waals surface area contributed by atoms with Crippen LogP contribution >= 0.6 is 0 Å². The molecule has 0 bridgehead atoms. The highest BCUT2D eigenvalue weighted by Gasteiger charge is 2.25. The molecule has 0 aliphatic heterocycles. The lowest BCUT2D eigenvalue weighted by atomic mass is 10.0. The number of carboxylic acid groups (broad SMARTS) is 1. The molecule has 0 saturated heterocycles. The molecule has 0 aromatic heterocycles. The van der Waals surface area contributed by atoms with Crippen LogP contribution in [0.25, 0.3) is 0 Å². The van der Waals surface area contributed by atoms with E-state index in [9.17, 15) is 9.18 Å². The van der Waals surface area contributed by atoms with E-state index in [2.05, 4.69) is 5.32 Å². The Morgan fingerprint density at radius 1 is 1.73 bits per heavy atom. The van der Waals surface area contributed by atoms with E-state index in [1.165, 1.54) is 20.9 Å². The van der Waals surface area contributed by atoms with E-state index in [-0.39, 0.29) is 6.42 Å². The average molecular weight is 163 g/mol. The van der Waals surface area contributed by atoms with Crippen LogP contribution in [-0.2, 0) is 4.79 Å². The van der Waals surface area contributed by atoms with Gasteiger partial charge in [-0.15, -0.1) is 0 Å². The monoisotopic (exact) mass is 163 g/mol. The Morgan fingerprint density at radius 2 is 2.18 bits per heavy atom. The summed E-state index contributed by atoms with van der Waals surface area (Å²) in [6.45, 7) is 2.72. The van der Waals surface area contributed by atoms with Gasteiger partial charge in [0.1, 0.15) is 11.7 Å². The van der Waals surface area contributed by atoms with Gasteiger partial charge in [0.25, 0.3) is 0 Å². The van der Waals surface area contributed by atoms with Crippen LogP contribution in [0.3, 0.4) is 0 Å². The molecule has 0 heterocycles. The number of carboxylic acids is 1. The second kappa shape index (κ2) is 3.67. The lowest BCUT2D eigenvalue weighted by Crippen LogP contribution is -2.38. The zero-order valence-electron chi connectivity index (χ0n) is 7.02. The van der Waals surface area contributed by atoms with Gasteiger partial charge in [0.05, 0.1) is 0 Å². The molecule has 0 aromatic rings. The summed E-state index contributed by atoms with van der Waals surface area (Å²) in [6.07, 6.45) is -0.0150. The van der Waals surface area contributed by atoms with Gasteiger partial charge in [-0.05, 0) is 20.9 Å². The molecule has 0 aliphatic rings. The van der Waals surface area contributed by atoms with Gasteiger partial charge in [-0.2, -0.15) is 0 Å². The van der Waals surface area contributed by atoms with E-state index in [0.29, 0.717) is 0 Å². The number of halogens is 1. The van der Waals surface area contributed by atoms with Crippen molar-refractivity contribution in [3.05, 3.63) is 0 Å². The quantitative estimate of drug-likeness (QED) is 0.644. The molecule has 0 rings (SSSR count). The Bertz CT molecular complexity index is 142. The topological polar surface area (TPSA) is 49.3 Å². The van der Waals surface area contributed by atoms with Crippen molar-refractivity contribution in [2.75, 3.05) is 7.05 Å². The zero-order chi connectivity index (χ0) is 9.07. The molecule has 0 fully saturated rings. The van der Waals surface area contributed by atoms with Crippen LogP contribution in [0.5, 0.6) is 0 Å². The second-order valence-electron chi connectivity index (χ2n) is 3.10. The molecule has 4 heteroatoms. The lowest BCUT2D eigenvalue weighted by Gasteiger charge is -2.18. The third kappa shape index (κ3) is 4.72. The molecule has 66 valence electrons. The van der Waals surface area contributed by atoms with Crippen molar-refractivity contribution in [1.82, 2.24) is 5.32 Å². The maximum Gasteiger partial charge on any atom is 0.320 e. The summed E-state index contributed by atoms with van der Waals surface area (Å²) in [5.74, 6) is -1.02. The van der Waals surface area contributed by atoms with Gasteiger partial charge >= 0.3 is 5.97 Å². The minimum absolute atomic E-state index is 0.0150. The van der Waals surface area contributed by atoms with E-state index in [4.69, 9.17) is 5.11 Å². The van der Waals surface area contributed by atoms with Crippen LogP contribution in [0.1, 0.15) is 20.3 Å². The molecule has 0 radical (unpaired) electrons. The normalized spacial score (nSPS) is 14.5. The number of carbonyl (C=O) groups is 1. The number of nitrogens with one attached hydrogen (secondary N) is 1. The fourth-order valence-corrected chi connectivity index (χ4v) is 0.798. The van der Waals surface area contributed by atoms with Crippen molar-refractivity contribution in [2.24, 2.45) is 0 Å². The Balaban J connectivity index is 3.99. The number of alkyl halides is 1. The molecule has 11 heavy (non-hydrogen) atoms. The highest BCUT2D eigenvalue weighted by atomic mass is 19.1. The van der Waals surface area contributed by atoms with Crippen molar-refractivity contribution in [1.29, 1.82) is 0 Å². The van der Waals surface area contributed by atoms with Crippen LogP contribution in [0.15, 0.2) is 0 Å². The summed E-state index contributed by atoms with van der Waals surface area (Å²) in [6, 6.07) is -0.796. The van der Waals surface area contributed by atoms with Crippen LogP contribution in [0, 0.1) is 0 Å². The molecule has 3 nitrogen and oxygen atoms in total. The van der Waals surface area contributed by atoms with Crippen LogP contribution < -0.4 is 5.32 Å². The van der Waals surface area contributed by atoms with Crippen LogP contribution in [0.4, 0.5) is 4.39 Å². The summed E-state index contributed by atoms with van der Waals surface area (Å²) in [7, 11) is 1.50. The molecule has 0 saturated carbocycles. The largest absolute Gasteiger partial charge is 0.480 e. The molecule has 1 atom stereocenters. The third-order valence-corrected chi connectivity index (χ3v) is 1.34. The zero-order valence-corrected chi connectivity index (χ0v) is 7.02. The molecular weight excluding hydrogens is 149 g/mol. The van der Waals surface area contributed by atoms with Crippen molar-refractivity contribution in [3.8, 4) is 0 Å². The van der Waals surface area contributed by atoms with Gasteiger partial charge < -0.3 is 10.4 Å². The molecule has 0 amide bonds. The van der Waals surface area contributed by atoms with Gasteiger partial charge in [-0.3, -0.25) is 4.79 Å². The maximum absolute atomic E-state index is 12.9. The highest BCUT2D eigenvalue weighted by Crippen LogP contribution is 2.15. The Kier molecular flexibility index (Phi) is 3.45. The number of hydrogen-bond acceptors (Lipinski definition) is 2. The van der Waals surface area contributed by atoms with Gasteiger partial charge in [-0.25, -0.2) is 4.39 Å². The molecule has 0 aromatic carbocycles. The lowest BCUT2D eigenvalue weighted by molar-refractivity contribution is -0.140. The van der Waals surface area contributed by atoms with Crippen molar-refractivity contribution in [3.63, 3.8) is 0 Å². The predicted octanol–water partition coefficient (Wildman–Crippen LogP) is 0.797. The van der Waals surface area contributed by atoms with E-state index < -0.39 is 17.7 Å². The van der Waals surface area contributed by atoms with Gasteiger partial charge in [0, 0.05) is 6.42 Å². The first-order valence-corrected chi connectivity index (χ1v) is 3.46. The number of likely N-dealkylation sites (N-methyl/N-ethyl adjacent to an activating group) is 1. The van der Waals surface area contributed by atoms with E-state index in [1.54, 1.807) is 0 Å². The first-order valence-electron chi connectivity index (χ1n) is 3.46. The fourth-order valence-electron chi connectivity index (χ4n) is 0.798.